The molecule has 0 saturated carbocycles. The molecule has 1 aromatic heterocycles. The van der Waals surface area contributed by atoms with E-state index in [4.69, 9.17) is 11.6 Å². The number of halogens is 1. The van der Waals surface area contributed by atoms with Gasteiger partial charge in [0.25, 0.3) is 5.91 Å². The average Bonchev–Trinajstić information content (AvgIpc) is 2.39. The van der Waals surface area contributed by atoms with Crippen molar-refractivity contribution in [1.29, 1.82) is 0 Å². The number of aromatic nitrogens is 1. The minimum Gasteiger partial charge on any atom is -0.309 e. The molecule has 0 aliphatic rings. The van der Waals surface area contributed by atoms with Crippen LogP contribution in [0.15, 0.2) is 48.7 Å². The fourth-order valence-electron chi connectivity index (χ4n) is 1.51. The van der Waals surface area contributed by atoms with Gasteiger partial charge in [0, 0.05) is 18.8 Å². The van der Waals surface area contributed by atoms with Crippen molar-refractivity contribution in [3.63, 3.8) is 0 Å². The number of benzene rings is 1. The Morgan fingerprint density at radius 1 is 1.18 bits per heavy atom. The summed E-state index contributed by atoms with van der Waals surface area (Å²) in [5.74, 6) is -0.111. The lowest BCUT2D eigenvalue weighted by molar-refractivity contribution is 0.0993. The van der Waals surface area contributed by atoms with Crippen molar-refractivity contribution < 1.29 is 4.79 Å². The zero-order valence-corrected chi connectivity index (χ0v) is 10.1. The predicted octanol–water partition coefficient (Wildman–Crippen LogP) is 3.01. The van der Waals surface area contributed by atoms with Crippen LogP contribution in [0.4, 0.5) is 5.69 Å². The first kappa shape index (κ1) is 11.6. The molecule has 0 unspecified atom stereocenters. The predicted molar refractivity (Wildman–Crippen MR) is 68.4 cm³/mol. The van der Waals surface area contributed by atoms with E-state index >= 15 is 0 Å². The summed E-state index contributed by atoms with van der Waals surface area (Å²) in [6.45, 7) is 0. The number of rotatable bonds is 2. The van der Waals surface area contributed by atoms with E-state index in [2.05, 4.69) is 4.98 Å². The Morgan fingerprint density at radius 2 is 1.88 bits per heavy atom. The van der Waals surface area contributed by atoms with Crippen molar-refractivity contribution in [2.75, 3.05) is 11.9 Å². The molecular weight excluding hydrogens is 236 g/mol. The van der Waals surface area contributed by atoms with Crippen molar-refractivity contribution in [2.45, 2.75) is 0 Å². The highest BCUT2D eigenvalue weighted by atomic mass is 35.5. The third kappa shape index (κ3) is 2.45. The molecule has 2 aromatic rings. The largest absolute Gasteiger partial charge is 0.309 e. The molecule has 0 aliphatic heterocycles. The van der Waals surface area contributed by atoms with E-state index in [1.54, 1.807) is 37.5 Å². The van der Waals surface area contributed by atoms with Crippen LogP contribution in [0.2, 0.25) is 5.15 Å². The second-order valence-corrected chi connectivity index (χ2v) is 3.90. The van der Waals surface area contributed by atoms with Crippen molar-refractivity contribution in [2.24, 2.45) is 0 Å². The van der Waals surface area contributed by atoms with Gasteiger partial charge in [0.2, 0.25) is 0 Å². The zero-order valence-electron chi connectivity index (χ0n) is 9.30. The number of pyridine rings is 1. The molecule has 86 valence electrons. The van der Waals surface area contributed by atoms with Crippen LogP contribution in [-0.2, 0) is 0 Å². The highest BCUT2D eigenvalue weighted by Crippen LogP contribution is 2.22. The monoisotopic (exact) mass is 246 g/mol. The van der Waals surface area contributed by atoms with Gasteiger partial charge in [0.05, 0.1) is 5.69 Å². The van der Waals surface area contributed by atoms with Gasteiger partial charge in [-0.15, -0.1) is 0 Å². The molecule has 0 N–H and O–H groups in total. The van der Waals surface area contributed by atoms with E-state index in [0.29, 0.717) is 16.4 Å². The molecule has 0 atom stereocenters. The van der Waals surface area contributed by atoms with Gasteiger partial charge in [0.1, 0.15) is 0 Å². The topological polar surface area (TPSA) is 33.2 Å². The fourth-order valence-corrected chi connectivity index (χ4v) is 1.76. The molecule has 0 fully saturated rings. The normalized spacial score (nSPS) is 10.0. The lowest BCUT2D eigenvalue weighted by Crippen LogP contribution is -2.26. The van der Waals surface area contributed by atoms with E-state index in [9.17, 15) is 4.79 Å². The van der Waals surface area contributed by atoms with E-state index < -0.39 is 0 Å². The summed E-state index contributed by atoms with van der Waals surface area (Å²) in [6, 6.07) is 12.6. The van der Waals surface area contributed by atoms with Crippen molar-refractivity contribution in [3.8, 4) is 0 Å². The van der Waals surface area contributed by atoms with Crippen LogP contribution >= 0.6 is 11.6 Å². The molecule has 0 radical (unpaired) electrons. The average molecular weight is 247 g/mol. The molecule has 3 nitrogen and oxygen atoms in total. The highest BCUT2D eigenvalue weighted by molar-refractivity contribution is 6.32. The summed E-state index contributed by atoms with van der Waals surface area (Å²) < 4.78 is 0. The summed E-state index contributed by atoms with van der Waals surface area (Å²) in [5.41, 5.74) is 1.22. The second kappa shape index (κ2) is 4.97. The molecule has 0 bridgehead atoms. The molecule has 1 aromatic carbocycles. The number of hydrogen-bond acceptors (Lipinski definition) is 2. The number of nitrogens with zero attached hydrogens (tertiary/aromatic N) is 2. The Morgan fingerprint density at radius 3 is 2.53 bits per heavy atom. The van der Waals surface area contributed by atoms with Gasteiger partial charge in [-0.25, -0.2) is 4.98 Å². The Labute approximate surface area is 105 Å². The van der Waals surface area contributed by atoms with Gasteiger partial charge < -0.3 is 4.90 Å². The molecule has 1 heterocycles. The van der Waals surface area contributed by atoms with Gasteiger partial charge in [-0.3, -0.25) is 4.79 Å². The van der Waals surface area contributed by atoms with Crippen LogP contribution in [0, 0.1) is 0 Å². The minimum absolute atomic E-state index is 0.111. The highest BCUT2D eigenvalue weighted by Gasteiger charge is 2.15. The lowest BCUT2D eigenvalue weighted by atomic mass is 10.2. The first-order valence-corrected chi connectivity index (χ1v) is 5.51. The minimum atomic E-state index is -0.111. The SMILES string of the molecule is CN(C(=O)c1ccccc1)c1cccnc1Cl. The third-order valence-corrected chi connectivity index (χ3v) is 2.72. The number of carbonyl (C=O) groups excluding carboxylic acids is 1. The third-order valence-electron chi connectivity index (χ3n) is 2.43. The molecule has 2 rings (SSSR count). The first-order valence-electron chi connectivity index (χ1n) is 5.14. The van der Waals surface area contributed by atoms with E-state index in [1.165, 1.54) is 4.90 Å². The Balaban J connectivity index is 2.30. The second-order valence-electron chi connectivity index (χ2n) is 3.54. The fraction of sp³-hybridized carbons (Fsp3) is 0.0769. The zero-order chi connectivity index (χ0) is 12.3. The number of amides is 1. The first-order chi connectivity index (χ1) is 8.20. The summed E-state index contributed by atoms with van der Waals surface area (Å²) in [4.78, 5) is 17.6. The summed E-state index contributed by atoms with van der Waals surface area (Å²) in [7, 11) is 1.68. The maximum Gasteiger partial charge on any atom is 0.258 e. The molecule has 0 saturated heterocycles. The smallest absolute Gasteiger partial charge is 0.258 e. The van der Waals surface area contributed by atoms with Crippen LogP contribution in [0.3, 0.4) is 0 Å². The van der Waals surface area contributed by atoms with Gasteiger partial charge in [-0.2, -0.15) is 0 Å². The van der Waals surface area contributed by atoms with Gasteiger partial charge in [0.15, 0.2) is 5.15 Å². The van der Waals surface area contributed by atoms with Gasteiger partial charge in [-0.1, -0.05) is 29.8 Å². The Kier molecular flexibility index (Phi) is 3.40. The van der Waals surface area contributed by atoms with E-state index in [0.717, 1.165) is 0 Å². The molecule has 0 aliphatic carbocycles. The maximum atomic E-state index is 12.1. The van der Waals surface area contributed by atoms with Crippen LogP contribution in [-0.4, -0.2) is 17.9 Å². The van der Waals surface area contributed by atoms with Crippen molar-refractivity contribution >= 4 is 23.2 Å². The standard InChI is InChI=1S/C13H11ClN2O/c1-16(11-8-5-9-15-12(11)14)13(17)10-6-3-2-4-7-10/h2-9H,1H3. The van der Waals surface area contributed by atoms with Gasteiger partial charge >= 0.3 is 0 Å². The summed E-state index contributed by atoms with van der Waals surface area (Å²) >= 11 is 5.95. The molecule has 0 spiro atoms. The molecule has 1 amide bonds. The molecular formula is C13H11ClN2O. The van der Waals surface area contributed by atoms with Crippen LogP contribution in [0.5, 0.6) is 0 Å². The Bertz CT molecular complexity index is 528. The van der Waals surface area contributed by atoms with Crippen molar-refractivity contribution in [1.82, 2.24) is 4.98 Å². The summed E-state index contributed by atoms with van der Waals surface area (Å²) in [5, 5.41) is 0.319. The van der Waals surface area contributed by atoms with E-state index in [1.807, 2.05) is 18.2 Å². The van der Waals surface area contributed by atoms with Crippen molar-refractivity contribution in [3.05, 3.63) is 59.4 Å². The number of hydrogen-bond donors (Lipinski definition) is 0. The van der Waals surface area contributed by atoms with Crippen LogP contribution in [0.25, 0.3) is 0 Å². The van der Waals surface area contributed by atoms with Crippen LogP contribution < -0.4 is 4.90 Å². The molecule has 17 heavy (non-hydrogen) atoms. The maximum absolute atomic E-state index is 12.1. The van der Waals surface area contributed by atoms with E-state index in [-0.39, 0.29) is 5.91 Å². The van der Waals surface area contributed by atoms with Crippen LogP contribution in [0.1, 0.15) is 10.4 Å². The van der Waals surface area contributed by atoms with Gasteiger partial charge in [-0.05, 0) is 24.3 Å². The quantitative estimate of drug-likeness (QED) is 0.764. The Hall–Kier alpha value is -1.87. The molecule has 4 heteroatoms. The summed E-state index contributed by atoms with van der Waals surface area (Å²) in [6.07, 6.45) is 1.59. The lowest BCUT2D eigenvalue weighted by Gasteiger charge is -2.17. The number of anilines is 1. The number of carbonyl (C=O) groups is 1.